The molecule has 0 spiro atoms. The Morgan fingerprint density at radius 1 is 1.04 bits per heavy atom. The number of rotatable bonds is 3. The fourth-order valence-electron chi connectivity index (χ4n) is 2.88. The second kappa shape index (κ2) is 8.30. The van der Waals surface area contributed by atoms with E-state index in [1.165, 1.54) is 0 Å². The van der Waals surface area contributed by atoms with Gasteiger partial charge in [0.1, 0.15) is 5.02 Å². The molecule has 0 saturated carbocycles. The van der Waals surface area contributed by atoms with Gasteiger partial charge in [0, 0.05) is 23.7 Å². The third kappa shape index (κ3) is 4.32. The minimum Gasteiger partial charge on any atom is -0.425 e. The quantitative estimate of drug-likeness (QED) is 0.520. The average Bonchev–Trinajstić information content (AvgIpc) is 2.65. The van der Waals surface area contributed by atoms with Crippen molar-refractivity contribution in [2.45, 2.75) is 12.8 Å². The van der Waals surface area contributed by atoms with Crippen LogP contribution in [0.1, 0.15) is 23.2 Å². The third-order valence-electron chi connectivity index (χ3n) is 4.26. The van der Waals surface area contributed by atoms with E-state index in [2.05, 4.69) is 0 Å². The number of nitrogens with zero attached hydrogens (tertiary/aromatic N) is 1. The van der Waals surface area contributed by atoms with Gasteiger partial charge in [-0.2, -0.15) is 0 Å². The summed E-state index contributed by atoms with van der Waals surface area (Å²) >= 11 is 17.9. The molecule has 1 amide bonds. The van der Waals surface area contributed by atoms with Gasteiger partial charge in [-0.3, -0.25) is 9.59 Å². The number of hydrogen-bond acceptors (Lipinski definition) is 3. The predicted molar refractivity (Wildman–Crippen MR) is 102 cm³/mol. The monoisotopic (exact) mass is 411 g/mol. The first-order valence-electron chi connectivity index (χ1n) is 8.16. The Morgan fingerprint density at radius 2 is 1.77 bits per heavy atom. The van der Waals surface area contributed by atoms with Crippen LogP contribution in [0.4, 0.5) is 0 Å². The second-order valence-corrected chi connectivity index (χ2v) is 7.29. The van der Waals surface area contributed by atoms with Gasteiger partial charge in [0.2, 0.25) is 0 Å². The summed E-state index contributed by atoms with van der Waals surface area (Å²) in [4.78, 5) is 26.8. The summed E-state index contributed by atoms with van der Waals surface area (Å²) in [5.41, 5.74) is 0.543. The molecule has 136 valence electrons. The summed E-state index contributed by atoms with van der Waals surface area (Å²) < 4.78 is 5.40. The summed E-state index contributed by atoms with van der Waals surface area (Å²) in [6, 6.07) is 11.6. The Bertz CT molecular complexity index is 823. The van der Waals surface area contributed by atoms with E-state index in [0.717, 1.165) is 6.42 Å². The number of hydrogen-bond donors (Lipinski definition) is 0. The Morgan fingerprint density at radius 3 is 2.50 bits per heavy atom. The van der Waals surface area contributed by atoms with Crippen molar-refractivity contribution in [2.75, 3.05) is 13.1 Å². The van der Waals surface area contributed by atoms with Crippen molar-refractivity contribution < 1.29 is 14.3 Å². The van der Waals surface area contributed by atoms with Crippen LogP contribution >= 0.6 is 34.8 Å². The van der Waals surface area contributed by atoms with E-state index >= 15 is 0 Å². The van der Waals surface area contributed by atoms with Crippen molar-refractivity contribution in [1.29, 1.82) is 0 Å². The van der Waals surface area contributed by atoms with Gasteiger partial charge in [-0.15, -0.1) is 0 Å². The molecule has 3 rings (SSSR count). The van der Waals surface area contributed by atoms with E-state index < -0.39 is 11.9 Å². The van der Waals surface area contributed by atoms with E-state index in [1.807, 2.05) is 0 Å². The Kier molecular flexibility index (Phi) is 6.07. The molecule has 1 fully saturated rings. The molecule has 7 heteroatoms. The van der Waals surface area contributed by atoms with Gasteiger partial charge in [-0.1, -0.05) is 40.9 Å². The van der Waals surface area contributed by atoms with Crippen molar-refractivity contribution in [3.05, 3.63) is 63.1 Å². The third-order valence-corrected chi connectivity index (χ3v) is 5.31. The van der Waals surface area contributed by atoms with Crippen LogP contribution in [0.15, 0.2) is 42.5 Å². The van der Waals surface area contributed by atoms with Gasteiger partial charge in [0.25, 0.3) is 5.91 Å². The predicted octanol–water partition coefficient (Wildman–Crippen LogP) is 5.10. The first-order valence-corrected chi connectivity index (χ1v) is 9.29. The minimum absolute atomic E-state index is 0.125. The summed E-state index contributed by atoms with van der Waals surface area (Å²) in [7, 11) is 0. The molecule has 1 heterocycles. The zero-order valence-electron chi connectivity index (χ0n) is 13.8. The number of carbonyl (C=O) groups excluding carboxylic acids is 2. The molecule has 2 aromatic carbocycles. The zero-order chi connectivity index (χ0) is 18.7. The van der Waals surface area contributed by atoms with Crippen molar-refractivity contribution in [3.8, 4) is 5.75 Å². The molecule has 1 aliphatic heterocycles. The normalized spacial score (nSPS) is 17.0. The number of likely N-dealkylation sites (tertiary alicyclic amines) is 1. The molecular formula is C19H16Cl3NO3. The topological polar surface area (TPSA) is 46.6 Å². The lowest BCUT2D eigenvalue weighted by atomic mass is 9.97. The molecular weight excluding hydrogens is 397 g/mol. The van der Waals surface area contributed by atoms with Crippen LogP contribution in [-0.4, -0.2) is 29.9 Å². The number of carbonyl (C=O) groups is 2. The fourth-order valence-corrected chi connectivity index (χ4v) is 3.34. The summed E-state index contributed by atoms with van der Waals surface area (Å²) in [5, 5.41) is 1.09. The van der Waals surface area contributed by atoms with E-state index in [9.17, 15) is 9.59 Å². The van der Waals surface area contributed by atoms with Crippen LogP contribution in [-0.2, 0) is 4.79 Å². The van der Waals surface area contributed by atoms with E-state index in [4.69, 9.17) is 39.5 Å². The molecule has 1 aliphatic rings. The summed E-state index contributed by atoms with van der Waals surface area (Å²) in [5.74, 6) is -0.719. The summed E-state index contributed by atoms with van der Waals surface area (Å²) in [6.07, 6.45) is 1.38. The maximum atomic E-state index is 12.6. The number of esters is 1. The average molecular weight is 413 g/mol. The standard InChI is InChI=1S/C19H16Cl3NO3/c20-14-8-6-12(7-9-14)18(24)23-10-2-3-13(11-23)19(25)26-16-5-1-4-15(21)17(16)22/h1,4-9,13H,2-3,10-11H2. The van der Waals surface area contributed by atoms with E-state index in [0.29, 0.717) is 35.1 Å². The minimum atomic E-state index is -0.414. The van der Waals surface area contributed by atoms with Crippen molar-refractivity contribution in [2.24, 2.45) is 5.92 Å². The number of amides is 1. The molecule has 4 nitrogen and oxygen atoms in total. The zero-order valence-corrected chi connectivity index (χ0v) is 16.0. The number of halogens is 3. The molecule has 0 aliphatic carbocycles. The smallest absolute Gasteiger partial charge is 0.316 e. The number of benzene rings is 2. The molecule has 26 heavy (non-hydrogen) atoms. The lowest BCUT2D eigenvalue weighted by molar-refractivity contribution is -0.140. The lowest BCUT2D eigenvalue weighted by Crippen LogP contribution is -2.43. The maximum absolute atomic E-state index is 12.6. The number of ether oxygens (including phenoxy) is 1. The fraction of sp³-hybridized carbons (Fsp3) is 0.263. The van der Waals surface area contributed by atoms with Gasteiger partial charge in [-0.05, 0) is 49.2 Å². The Balaban J connectivity index is 1.67. The van der Waals surface area contributed by atoms with Crippen LogP contribution in [0, 0.1) is 5.92 Å². The highest BCUT2D eigenvalue weighted by molar-refractivity contribution is 6.43. The molecule has 0 aromatic heterocycles. The SMILES string of the molecule is O=C(Oc1cccc(Cl)c1Cl)C1CCCN(C(=O)c2ccc(Cl)cc2)C1. The first-order chi connectivity index (χ1) is 12.5. The van der Waals surface area contributed by atoms with Gasteiger partial charge in [0.05, 0.1) is 10.9 Å². The van der Waals surface area contributed by atoms with Crippen molar-refractivity contribution in [3.63, 3.8) is 0 Å². The van der Waals surface area contributed by atoms with Gasteiger partial charge < -0.3 is 9.64 Å². The summed E-state index contributed by atoms with van der Waals surface area (Å²) in [6.45, 7) is 0.904. The highest BCUT2D eigenvalue weighted by atomic mass is 35.5. The Labute approximate surface area is 166 Å². The largest absolute Gasteiger partial charge is 0.425 e. The molecule has 1 unspecified atom stereocenters. The highest BCUT2D eigenvalue weighted by Gasteiger charge is 2.30. The van der Waals surface area contributed by atoms with Gasteiger partial charge >= 0.3 is 5.97 Å². The van der Waals surface area contributed by atoms with E-state index in [-0.39, 0.29) is 16.7 Å². The highest BCUT2D eigenvalue weighted by Crippen LogP contribution is 2.32. The van der Waals surface area contributed by atoms with Crippen LogP contribution in [0.2, 0.25) is 15.1 Å². The van der Waals surface area contributed by atoms with Gasteiger partial charge in [0.15, 0.2) is 5.75 Å². The molecule has 0 N–H and O–H groups in total. The second-order valence-electron chi connectivity index (χ2n) is 6.07. The Hall–Kier alpha value is -1.75. The van der Waals surface area contributed by atoms with E-state index in [1.54, 1.807) is 47.4 Å². The first kappa shape index (κ1) is 19.0. The van der Waals surface area contributed by atoms with Crippen LogP contribution in [0.25, 0.3) is 0 Å². The molecule has 2 aromatic rings. The maximum Gasteiger partial charge on any atom is 0.316 e. The molecule has 0 bridgehead atoms. The number of piperidine rings is 1. The van der Waals surface area contributed by atoms with Crippen molar-refractivity contribution in [1.82, 2.24) is 4.90 Å². The van der Waals surface area contributed by atoms with Crippen LogP contribution in [0.3, 0.4) is 0 Å². The van der Waals surface area contributed by atoms with Gasteiger partial charge in [-0.25, -0.2) is 0 Å². The molecule has 1 atom stereocenters. The van der Waals surface area contributed by atoms with Crippen LogP contribution in [0.5, 0.6) is 5.75 Å². The molecule has 1 saturated heterocycles. The lowest BCUT2D eigenvalue weighted by Gasteiger charge is -2.31. The molecule has 0 radical (unpaired) electrons. The van der Waals surface area contributed by atoms with Crippen LogP contribution < -0.4 is 4.74 Å². The van der Waals surface area contributed by atoms with Crippen molar-refractivity contribution >= 4 is 46.7 Å².